The molecule has 2 aromatic carbocycles. The monoisotopic (exact) mass is 545 g/mol. The third kappa shape index (κ3) is 5.93. The van der Waals surface area contributed by atoms with E-state index in [-0.39, 0.29) is 35.4 Å². The summed E-state index contributed by atoms with van der Waals surface area (Å²) in [6.07, 6.45) is 2.84. The molecule has 0 bridgehead atoms. The lowest BCUT2D eigenvalue weighted by molar-refractivity contribution is -0.122. The molecule has 0 radical (unpaired) electrons. The van der Waals surface area contributed by atoms with Crippen LogP contribution in [0.25, 0.3) is 0 Å². The van der Waals surface area contributed by atoms with E-state index in [1.165, 1.54) is 12.1 Å². The van der Waals surface area contributed by atoms with Gasteiger partial charge in [0.25, 0.3) is 10.0 Å². The Balaban J connectivity index is 1.55. The SMILES string of the molecule is O=C1CCC(COc2cc(F)c(S(=O)(=O)Nc3ncns3)cc2F)(Cc2ccc(Cl)c(F)c2)CC1. The van der Waals surface area contributed by atoms with Crippen molar-refractivity contribution in [1.29, 1.82) is 0 Å². The van der Waals surface area contributed by atoms with Crippen LogP contribution in [0.2, 0.25) is 5.02 Å². The Morgan fingerprint density at radius 3 is 2.49 bits per heavy atom. The third-order valence-corrected chi connectivity index (χ3v) is 8.19. The minimum atomic E-state index is -4.45. The number of aromatic nitrogens is 2. The van der Waals surface area contributed by atoms with E-state index in [2.05, 4.69) is 9.36 Å². The second-order valence-electron chi connectivity index (χ2n) is 8.32. The molecule has 1 heterocycles. The van der Waals surface area contributed by atoms with Crippen LogP contribution < -0.4 is 9.46 Å². The molecule has 1 aliphatic carbocycles. The van der Waals surface area contributed by atoms with Crippen molar-refractivity contribution >= 4 is 44.1 Å². The Kier molecular flexibility index (Phi) is 7.34. The largest absolute Gasteiger partial charge is 0.490 e. The molecular weight excluding hydrogens is 527 g/mol. The smallest absolute Gasteiger partial charge is 0.266 e. The van der Waals surface area contributed by atoms with Crippen molar-refractivity contribution in [2.45, 2.75) is 37.0 Å². The fourth-order valence-corrected chi connectivity index (χ4v) is 5.81. The van der Waals surface area contributed by atoms with E-state index in [9.17, 15) is 26.4 Å². The Hall–Kier alpha value is -2.70. The average molecular weight is 546 g/mol. The molecule has 0 aliphatic heterocycles. The van der Waals surface area contributed by atoms with Crippen LogP contribution in [-0.2, 0) is 21.2 Å². The summed E-state index contributed by atoms with van der Waals surface area (Å²) in [6.45, 7) is -0.0873. The molecule has 1 aromatic heterocycles. The molecule has 1 fully saturated rings. The number of anilines is 1. The first-order chi connectivity index (χ1) is 16.6. The summed E-state index contributed by atoms with van der Waals surface area (Å²) >= 11 is 6.50. The van der Waals surface area contributed by atoms with Gasteiger partial charge in [-0.1, -0.05) is 17.7 Å². The molecule has 13 heteroatoms. The fourth-order valence-electron chi connectivity index (χ4n) is 3.96. The molecule has 35 heavy (non-hydrogen) atoms. The molecular formula is C22H19ClF3N3O4S2. The predicted molar refractivity (Wildman–Crippen MR) is 124 cm³/mol. The number of sulfonamides is 1. The molecule has 0 saturated heterocycles. The second-order valence-corrected chi connectivity index (χ2v) is 11.2. The number of nitrogens with zero attached hydrogens (tertiary/aromatic N) is 2. The molecule has 186 valence electrons. The number of ketones is 1. The van der Waals surface area contributed by atoms with E-state index < -0.39 is 43.5 Å². The van der Waals surface area contributed by atoms with E-state index >= 15 is 0 Å². The van der Waals surface area contributed by atoms with E-state index in [0.29, 0.717) is 37.0 Å². The number of rotatable bonds is 8. The minimum absolute atomic E-state index is 0.0222. The summed E-state index contributed by atoms with van der Waals surface area (Å²) in [5.74, 6) is -3.28. The van der Waals surface area contributed by atoms with Crippen LogP contribution in [0.4, 0.5) is 18.3 Å². The van der Waals surface area contributed by atoms with Crippen molar-refractivity contribution in [3.05, 3.63) is 64.7 Å². The van der Waals surface area contributed by atoms with Crippen molar-refractivity contribution in [2.24, 2.45) is 5.41 Å². The highest BCUT2D eigenvalue weighted by Crippen LogP contribution is 2.40. The van der Waals surface area contributed by atoms with Gasteiger partial charge in [-0.05, 0) is 37.0 Å². The minimum Gasteiger partial charge on any atom is -0.490 e. The molecule has 0 atom stereocenters. The van der Waals surface area contributed by atoms with Gasteiger partial charge in [0.15, 0.2) is 11.6 Å². The number of hydrogen-bond acceptors (Lipinski definition) is 7. The van der Waals surface area contributed by atoms with Gasteiger partial charge in [-0.2, -0.15) is 4.37 Å². The van der Waals surface area contributed by atoms with Crippen LogP contribution >= 0.6 is 23.1 Å². The highest BCUT2D eigenvalue weighted by atomic mass is 35.5. The molecule has 7 nitrogen and oxygen atoms in total. The topological polar surface area (TPSA) is 98.2 Å². The van der Waals surface area contributed by atoms with Gasteiger partial charge < -0.3 is 4.74 Å². The maximum absolute atomic E-state index is 14.8. The van der Waals surface area contributed by atoms with Crippen molar-refractivity contribution in [3.8, 4) is 5.75 Å². The van der Waals surface area contributed by atoms with E-state index in [0.717, 1.165) is 17.9 Å². The summed E-state index contributed by atoms with van der Waals surface area (Å²) in [7, 11) is -4.45. The van der Waals surface area contributed by atoms with Gasteiger partial charge in [0, 0.05) is 41.9 Å². The third-order valence-electron chi connectivity index (χ3n) is 5.82. The molecule has 0 unspecified atom stereocenters. The van der Waals surface area contributed by atoms with Crippen molar-refractivity contribution in [3.63, 3.8) is 0 Å². The number of Topliss-reactive ketones (excluding diaryl/α,β-unsaturated/α-hetero) is 1. The standard InChI is InChI=1S/C22H19ClF3N3O4S2/c23-15-2-1-13(7-16(15)24)10-22(5-3-14(30)4-6-22)11-33-19-8-18(26)20(9-17(19)25)35(31,32)29-21-27-12-28-34-21/h1-2,7-9,12H,3-6,10-11H2,(H,27,28,29). The summed E-state index contributed by atoms with van der Waals surface area (Å²) < 4.78 is 79.6. The average Bonchev–Trinajstić information content (AvgIpc) is 3.31. The van der Waals surface area contributed by atoms with E-state index in [4.69, 9.17) is 16.3 Å². The number of halogens is 4. The van der Waals surface area contributed by atoms with E-state index in [1.54, 1.807) is 6.07 Å². The normalized spacial score (nSPS) is 15.7. The van der Waals surface area contributed by atoms with Crippen LogP contribution in [0.1, 0.15) is 31.2 Å². The van der Waals surface area contributed by atoms with Crippen molar-refractivity contribution in [1.82, 2.24) is 9.36 Å². The van der Waals surface area contributed by atoms with Crippen LogP contribution in [0, 0.1) is 22.9 Å². The van der Waals surface area contributed by atoms with Crippen LogP contribution in [-0.4, -0.2) is 30.2 Å². The zero-order valence-electron chi connectivity index (χ0n) is 18.1. The summed E-state index contributed by atoms with van der Waals surface area (Å²) in [4.78, 5) is 14.6. The Labute approximate surface area is 208 Å². The lowest BCUT2D eigenvalue weighted by atomic mass is 9.70. The number of nitrogens with one attached hydrogen (secondary N) is 1. The zero-order valence-corrected chi connectivity index (χ0v) is 20.5. The molecule has 1 saturated carbocycles. The van der Waals surface area contributed by atoms with Crippen LogP contribution in [0.5, 0.6) is 5.75 Å². The fraction of sp³-hybridized carbons (Fsp3) is 0.318. The molecule has 1 aliphatic rings. The molecule has 0 amide bonds. The lowest BCUT2D eigenvalue weighted by Crippen LogP contribution is -2.36. The van der Waals surface area contributed by atoms with Gasteiger partial charge in [0.05, 0.1) is 11.6 Å². The van der Waals surface area contributed by atoms with Crippen LogP contribution in [0.15, 0.2) is 41.6 Å². The number of ether oxygens (including phenoxy) is 1. The number of hydrogen-bond donors (Lipinski definition) is 1. The highest BCUT2D eigenvalue weighted by Gasteiger charge is 2.36. The summed E-state index contributed by atoms with van der Waals surface area (Å²) in [5.41, 5.74) is -0.0120. The highest BCUT2D eigenvalue weighted by molar-refractivity contribution is 7.93. The van der Waals surface area contributed by atoms with Crippen molar-refractivity contribution in [2.75, 3.05) is 11.3 Å². The number of benzene rings is 2. The zero-order chi connectivity index (χ0) is 25.2. The van der Waals surface area contributed by atoms with Crippen molar-refractivity contribution < 1.29 is 31.1 Å². The Morgan fingerprint density at radius 2 is 1.83 bits per heavy atom. The molecule has 4 rings (SSSR count). The number of carbonyl (C=O) groups is 1. The van der Waals surface area contributed by atoms with Gasteiger partial charge in [0.2, 0.25) is 5.13 Å². The van der Waals surface area contributed by atoms with Gasteiger partial charge >= 0.3 is 0 Å². The Morgan fingerprint density at radius 1 is 1.09 bits per heavy atom. The predicted octanol–water partition coefficient (Wildman–Crippen LogP) is 5.16. The quantitative estimate of drug-likeness (QED) is 0.420. The maximum atomic E-state index is 14.8. The van der Waals surface area contributed by atoms with Gasteiger partial charge in [-0.25, -0.2) is 26.6 Å². The first-order valence-electron chi connectivity index (χ1n) is 10.4. The van der Waals surface area contributed by atoms with Gasteiger partial charge in [0.1, 0.15) is 28.6 Å². The first kappa shape index (κ1) is 25.4. The summed E-state index contributed by atoms with van der Waals surface area (Å²) in [5, 5.41) is -0.122. The van der Waals surface area contributed by atoms with Gasteiger partial charge in [-0.3, -0.25) is 9.52 Å². The molecule has 3 aromatic rings. The first-order valence-corrected chi connectivity index (χ1v) is 13.1. The molecule has 0 spiro atoms. The Bertz CT molecular complexity index is 1340. The maximum Gasteiger partial charge on any atom is 0.266 e. The van der Waals surface area contributed by atoms with E-state index in [1.807, 2.05) is 4.72 Å². The molecule has 1 N–H and O–H groups in total. The summed E-state index contributed by atoms with van der Waals surface area (Å²) in [6, 6.07) is 5.58. The van der Waals surface area contributed by atoms with Gasteiger partial charge in [-0.15, -0.1) is 0 Å². The lowest BCUT2D eigenvalue weighted by Gasteiger charge is -2.36. The van der Waals surface area contributed by atoms with Crippen LogP contribution in [0.3, 0.4) is 0 Å². The number of carbonyl (C=O) groups excluding carboxylic acids is 1. The second kappa shape index (κ2) is 10.1.